The highest BCUT2D eigenvalue weighted by atomic mass is 32.2. The van der Waals surface area contributed by atoms with Gasteiger partial charge in [0.2, 0.25) is 0 Å². The summed E-state index contributed by atoms with van der Waals surface area (Å²) in [6.45, 7) is 9.33. The van der Waals surface area contributed by atoms with Gasteiger partial charge in [0.25, 0.3) is 5.56 Å². The smallest absolute Gasteiger partial charge is 0.280 e. The molecule has 0 bridgehead atoms. The molecule has 5 nitrogen and oxygen atoms in total. The lowest BCUT2D eigenvalue weighted by Gasteiger charge is -2.13. The average Bonchev–Trinajstić information content (AvgIpc) is 3.33. The molecule has 0 saturated heterocycles. The van der Waals surface area contributed by atoms with Crippen LogP contribution in [-0.2, 0) is 18.8 Å². The second-order valence-corrected chi connectivity index (χ2v) is 9.16. The van der Waals surface area contributed by atoms with Crippen LogP contribution in [0.3, 0.4) is 0 Å². The Morgan fingerprint density at radius 1 is 1.17 bits per heavy atom. The van der Waals surface area contributed by atoms with Crippen LogP contribution >= 0.6 is 23.1 Å². The summed E-state index contributed by atoms with van der Waals surface area (Å²) in [4.78, 5) is 19.5. The summed E-state index contributed by atoms with van der Waals surface area (Å²) >= 11 is 3.27. The van der Waals surface area contributed by atoms with Gasteiger partial charge in [0.15, 0.2) is 10.7 Å². The Kier molecular flexibility index (Phi) is 5.61. The first-order chi connectivity index (χ1) is 14.0. The zero-order chi connectivity index (χ0) is 20.5. The van der Waals surface area contributed by atoms with E-state index >= 15 is 0 Å². The fourth-order valence-electron chi connectivity index (χ4n) is 3.42. The molecule has 0 amide bonds. The van der Waals surface area contributed by atoms with Gasteiger partial charge in [-0.05, 0) is 50.3 Å². The van der Waals surface area contributed by atoms with E-state index in [0.29, 0.717) is 24.1 Å². The largest absolute Gasteiger partial charge is 0.280 e. The molecule has 0 N–H and O–H groups in total. The minimum atomic E-state index is -0.0192. The number of benzene rings is 1. The molecular weight excluding hydrogens is 400 g/mol. The number of aryl methyl sites for hydroxylation is 4. The van der Waals surface area contributed by atoms with Crippen LogP contribution in [0.25, 0.3) is 11.0 Å². The molecular formula is C22H24N4OS2. The molecule has 0 spiro atoms. The molecule has 150 valence electrons. The molecule has 0 aliphatic heterocycles. The predicted molar refractivity (Wildman–Crippen MR) is 121 cm³/mol. The molecule has 7 heteroatoms. The number of aromatic nitrogens is 4. The highest BCUT2D eigenvalue weighted by molar-refractivity contribution is 7.98. The molecule has 4 rings (SSSR count). The van der Waals surface area contributed by atoms with E-state index in [1.165, 1.54) is 16.7 Å². The molecule has 1 aromatic carbocycles. The molecule has 0 atom stereocenters. The van der Waals surface area contributed by atoms with E-state index in [2.05, 4.69) is 43.2 Å². The van der Waals surface area contributed by atoms with Gasteiger partial charge >= 0.3 is 0 Å². The van der Waals surface area contributed by atoms with E-state index in [0.717, 1.165) is 21.5 Å². The van der Waals surface area contributed by atoms with Crippen LogP contribution in [0, 0.1) is 20.8 Å². The quantitative estimate of drug-likeness (QED) is 0.325. The maximum atomic E-state index is 13.5. The third-order valence-corrected chi connectivity index (χ3v) is 6.92. The van der Waals surface area contributed by atoms with Gasteiger partial charge in [-0.1, -0.05) is 41.6 Å². The summed E-state index contributed by atoms with van der Waals surface area (Å²) in [5.74, 6) is 0.775. The Morgan fingerprint density at radius 3 is 2.72 bits per heavy atom. The van der Waals surface area contributed by atoms with Crippen molar-refractivity contribution >= 4 is 34.1 Å². The highest BCUT2D eigenvalue weighted by Crippen LogP contribution is 2.26. The minimum absolute atomic E-state index is 0.0192. The Bertz CT molecular complexity index is 1220. The predicted octanol–water partition coefficient (Wildman–Crippen LogP) is 4.94. The zero-order valence-corrected chi connectivity index (χ0v) is 18.7. The van der Waals surface area contributed by atoms with E-state index in [1.54, 1.807) is 32.3 Å². The summed E-state index contributed by atoms with van der Waals surface area (Å²) < 4.78 is 3.57. The third-order valence-electron chi connectivity index (χ3n) is 5.04. The van der Waals surface area contributed by atoms with E-state index in [4.69, 9.17) is 4.98 Å². The van der Waals surface area contributed by atoms with Gasteiger partial charge in [0, 0.05) is 17.2 Å². The second kappa shape index (κ2) is 8.16. The summed E-state index contributed by atoms with van der Waals surface area (Å²) in [5, 5.41) is 7.31. The summed E-state index contributed by atoms with van der Waals surface area (Å²) in [6, 6.07) is 10.6. The highest BCUT2D eigenvalue weighted by Gasteiger charge is 2.19. The number of rotatable bonds is 6. The van der Waals surface area contributed by atoms with Gasteiger partial charge in [0.05, 0.1) is 12.2 Å². The van der Waals surface area contributed by atoms with Crippen molar-refractivity contribution in [2.24, 2.45) is 0 Å². The lowest BCUT2D eigenvalue weighted by Crippen LogP contribution is -2.25. The van der Waals surface area contributed by atoms with E-state index in [9.17, 15) is 4.79 Å². The van der Waals surface area contributed by atoms with Crippen molar-refractivity contribution in [1.82, 2.24) is 19.3 Å². The van der Waals surface area contributed by atoms with Gasteiger partial charge in [0.1, 0.15) is 5.52 Å². The molecule has 0 aliphatic carbocycles. The summed E-state index contributed by atoms with van der Waals surface area (Å²) in [7, 11) is 0. The first-order valence-corrected chi connectivity index (χ1v) is 11.5. The van der Waals surface area contributed by atoms with Gasteiger partial charge in [-0.15, -0.1) is 11.3 Å². The van der Waals surface area contributed by atoms with Crippen LogP contribution in [0.15, 0.2) is 45.7 Å². The Balaban J connectivity index is 1.81. The lowest BCUT2D eigenvalue weighted by atomic mass is 10.1. The number of nitrogens with zero attached hydrogens (tertiary/aromatic N) is 4. The molecule has 0 unspecified atom stereocenters. The van der Waals surface area contributed by atoms with E-state index < -0.39 is 0 Å². The monoisotopic (exact) mass is 424 g/mol. The molecule has 3 heterocycles. The standard InChI is InChI=1S/C22H24N4OS2/c1-5-26-20-19(16(4)24-26)23-22(25(21(20)27)12-18-7-6-10-28-18)29-13-17-11-14(2)8-9-15(17)3/h6-11H,5,12-13H2,1-4H3. The van der Waals surface area contributed by atoms with Crippen LogP contribution in [0.1, 0.15) is 34.2 Å². The third kappa shape index (κ3) is 3.89. The fourth-order valence-corrected chi connectivity index (χ4v) is 5.17. The molecule has 0 aliphatic rings. The van der Waals surface area contributed by atoms with Crippen LogP contribution in [0.2, 0.25) is 0 Å². The molecule has 29 heavy (non-hydrogen) atoms. The maximum Gasteiger partial charge on any atom is 0.280 e. The van der Waals surface area contributed by atoms with E-state index in [-0.39, 0.29) is 5.56 Å². The molecule has 3 aromatic heterocycles. The lowest BCUT2D eigenvalue weighted by molar-refractivity contribution is 0.640. The number of fused-ring (bicyclic) bond motifs is 1. The normalized spacial score (nSPS) is 11.4. The summed E-state index contributed by atoms with van der Waals surface area (Å²) in [6.07, 6.45) is 0. The van der Waals surface area contributed by atoms with Crippen molar-refractivity contribution < 1.29 is 0 Å². The number of hydrogen-bond donors (Lipinski definition) is 0. The van der Waals surface area contributed by atoms with Crippen molar-refractivity contribution in [1.29, 1.82) is 0 Å². The van der Waals surface area contributed by atoms with Crippen molar-refractivity contribution in [3.63, 3.8) is 0 Å². The van der Waals surface area contributed by atoms with Crippen molar-refractivity contribution in [3.8, 4) is 0 Å². The minimum Gasteiger partial charge on any atom is -0.280 e. The second-order valence-electron chi connectivity index (χ2n) is 7.18. The van der Waals surface area contributed by atoms with Gasteiger partial charge in [-0.2, -0.15) is 5.10 Å². The molecule has 0 saturated carbocycles. The first-order valence-electron chi connectivity index (χ1n) is 9.67. The Labute approximate surface area is 178 Å². The van der Waals surface area contributed by atoms with Crippen LogP contribution < -0.4 is 5.56 Å². The molecule has 0 fully saturated rings. The van der Waals surface area contributed by atoms with Crippen molar-refractivity contribution in [2.75, 3.05) is 0 Å². The van der Waals surface area contributed by atoms with Gasteiger partial charge < -0.3 is 0 Å². The van der Waals surface area contributed by atoms with Crippen molar-refractivity contribution in [3.05, 3.63) is 73.3 Å². The van der Waals surface area contributed by atoms with Crippen molar-refractivity contribution in [2.45, 2.75) is 51.7 Å². The molecule has 0 radical (unpaired) electrons. The molecule has 4 aromatic rings. The van der Waals surface area contributed by atoms with Gasteiger partial charge in [-0.3, -0.25) is 14.0 Å². The SMILES string of the molecule is CCn1nc(C)c2nc(SCc3cc(C)ccc3C)n(Cc3cccs3)c(=O)c21. The van der Waals surface area contributed by atoms with Crippen LogP contribution in [0.5, 0.6) is 0 Å². The first kappa shape index (κ1) is 19.9. The number of thioether (sulfide) groups is 1. The fraction of sp³-hybridized carbons (Fsp3) is 0.318. The number of hydrogen-bond acceptors (Lipinski definition) is 5. The average molecular weight is 425 g/mol. The van der Waals surface area contributed by atoms with E-state index in [1.807, 2.05) is 25.3 Å². The number of thiophene rings is 1. The topological polar surface area (TPSA) is 52.7 Å². The summed E-state index contributed by atoms with van der Waals surface area (Å²) in [5.41, 5.74) is 5.86. The maximum absolute atomic E-state index is 13.5. The Morgan fingerprint density at radius 2 is 2.00 bits per heavy atom. The zero-order valence-electron chi connectivity index (χ0n) is 17.1. The van der Waals surface area contributed by atoms with Crippen LogP contribution in [0.4, 0.5) is 0 Å². The Hall–Kier alpha value is -2.38. The van der Waals surface area contributed by atoms with Gasteiger partial charge in [-0.25, -0.2) is 4.98 Å². The van der Waals surface area contributed by atoms with Crippen LogP contribution in [-0.4, -0.2) is 19.3 Å².